The van der Waals surface area contributed by atoms with Crippen LogP contribution < -0.4 is 0 Å². The Hall–Kier alpha value is -2.17. The zero-order valence-corrected chi connectivity index (χ0v) is 13.4. The Morgan fingerprint density at radius 1 is 1.17 bits per heavy atom. The molecule has 0 spiro atoms. The van der Waals surface area contributed by atoms with Gasteiger partial charge in [0.2, 0.25) is 0 Å². The molecule has 0 saturated carbocycles. The smallest absolute Gasteiger partial charge is 0.138 e. The van der Waals surface area contributed by atoms with Gasteiger partial charge in [-0.05, 0) is 24.6 Å². The summed E-state index contributed by atoms with van der Waals surface area (Å²) in [5.41, 5.74) is 6.02. The lowest BCUT2D eigenvalue weighted by molar-refractivity contribution is 0.0338. The van der Waals surface area contributed by atoms with Crippen molar-refractivity contribution in [2.24, 2.45) is 0 Å². The number of aryl methyl sites for hydroxylation is 1. The SMILES string of the molecule is Cc1cccc(-c2c(CN3CCOCC3)[nH]c3ncccc23)c1. The van der Waals surface area contributed by atoms with Crippen LogP contribution in [0.3, 0.4) is 0 Å². The number of nitrogens with zero attached hydrogens (tertiary/aromatic N) is 2. The average molecular weight is 307 g/mol. The minimum atomic E-state index is 0.818. The van der Waals surface area contributed by atoms with Gasteiger partial charge in [0.1, 0.15) is 5.65 Å². The normalized spacial score (nSPS) is 16.0. The minimum absolute atomic E-state index is 0.818. The van der Waals surface area contributed by atoms with E-state index in [1.54, 1.807) is 0 Å². The number of hydrogen-bond acceptors (Lipinski definition) is 3. The molecule has 0 atom stereocenters. The number of fused-ring (bicyclic) bond motifs is 1. The van der Waals surface area contributed by atoms with Gasteiger partial charge in [0.25, 0.3) is 0 Å². The molecule has 0 radical (unpaired) electrons. The molecule has 3 heterocycles. The number of H-pyrrole nitrogens is 1. The molecule has 0 unspecified atom stereocenters. The number of ether oxygens (including phenoxy) is 1. The van der Waals surface area contributed by atoms with E-state index in [0.717, 1.165) is 38.5 Å². The van der Waals surface area contributed by atoms with Gasteiger partial charge in [-0.1, -0.05) is 29.8 Å². The maximum absolute atomic E-state index is 5.46. The predicted octanol–water partition coefficient (Wildman–Crippen LogP) is 3.37. The average Bonchev–Trinajstić information content (AvgIpc) is 2.93. The van der Waals surface area contributed by atoms with Crippen molar-refractivity contribution in [3.05, 3.63) is 53.9 Å². The summed E-state index contributed by atoms with van der Waals surface area (Å²) in [6.45, 7) is 6.64. The number of nitrogens with one attached hydrogen (secondary N) is 1. The molecule has 0 aliphatic carbocycles. The summed E-state index contributed by atoms with van der Waals surface area (Å²) in [5.74, 6) is 0. The first kappa shape index (κ1) is 14.4. The third kappa shape index (κ3) is 2.87. The molecule has 4 rings (SSSR count). The third-order valence-electron chi connectivity index (χ3n) is 4.44. The first-order valence-electron chi connectivity index (χ1n) is 8.14. The van der Waals surface area contributed by atoms with Gasteiger partial charge in [-0.2, -0.15) is 0 Å². The Balaban J connectivity index is 1.81. The molecule has 2 aromatic heterocycles. The number of pyridine rings is 1. The van der Waals surface area contributed by atoms with Gasteiger partial charge in [0.05, 0.1) is 13.2 Å². The van der Waals surface area contributed by atoms with E-state index in [2.05, 4.69) is 52.1 Å². The standard InChI is InChI=1S/C19H21N3O/c1-14-4-2-5-15(12-14)18-16-6-3-7-20-19(16)21-17(18)13-22-8-10-23-11-9-22/h2-7,12H,8-11,13H2,1H3,(H,20,21). The molecule has 1 fully saturated rings. The molecule has 1 aliphatic rings. The molecule has 1 saturated heterocycles. The molecule has 1 aromatic carbocycles. The quantitative estimate of drug-likeness (QED) is 0.806. The Morgan fingerprint density at radius 2 is 2.04 bits per heavy atom. The number of rotatable bonds is 3. The fourth-order valence-corrected chi connectivity index (χ4v) is 3.31. The van der Waals surface area contributed by atoms with Gasteiger partial charge in [-0.25, -0.2) is 4.98 Å². The number of benzene rings is 1. The molecule has 0 amide bonds. The van der Waals surface area contributed by atoms with Gasteiger partial charge >= 0.3 is 0 Å². The van der Waals surface area contributed by atoms with E-state index < -0.39 is 0 Å². The third-order valence-corrected chi connectivity index (χ3v) is 4.44. The highest BCUT2D eigenvalue weighted by atomic mass is 16.5. The van der Waals surface area contributed by atoms with Crippen LogP contribution >= 0.6 is 0 Å². The number of aromatic amines is 1. The topological polar surface area (TPSA) is 41.1 Å². The highest BCUT2D eigenvalue weighted by molar-refractivity contribution is 5.95. The van der Waals surface area contributed by atoms with Crippen molar-refractivity contribution in [2.75, 3.05) is 26.3 Å². The maximum Gasteiger partial charge on any atom is 0.138 e. The number of aromatic nitrogens is 2. The summed E-state index contributed by atoms with van der Waals surface area (Å²) in [4.78, 5) is 10.5. The van der Waals surface area contributed by atoms with E-state index in [0.29, 0.717) is 0 Å². The summed E-state index contributed by atoms with van der Waals surface area (Å²) in [6, 6.07) is 12.9. The van der Waals surface area contributed by atoms with Crippen LogP contribution in [0.4, 0.5) is 0 Å². The van der Waals surface area contributed by atoms with Crippen molar-refractivity contribution in [1.82, 2.24) is 14.9 Å². The van der Waals surface area contributed by atoms with Crippen molar-refractivity contribution in [3.8, 4) is 11.1 Å². The van der Waals surface area contributed by atoms with Crippen LogP contribution in [-0.2, 0) is 11.3 Å². The number of hydrogen-bond donors (Lipinski definition) is 1. The summed E-state index contributed by atoms with van der Waals surface area (Å²) >= 11 is 0. The Bertz CT molecular complexity index is 818. The molecule has 0 bridgehead atoms. The maximum atomic E-state index is 5.46. The van der Waals surface area contributed by atoms with Crippen LogP contribution in [0.15, 0.2) is 42.6 Å². The molecular weight excluding hydrogens is 286 g/mol. The second-order valence-corrected chi connectivity index (χ2v) is 6.14. The van der Waals surface area contributed by atoms with Crippen molar-refractivity contribution in [1.29, 1.82) is 0 Å². The molecule has 118 valence electrons. The Morgan fingerprint density at radius 3 is 2.87 bits per heavy atom. The zero-order chi connectivity index (χ0) is 15.6. The molecule has 23 heavy (non-hydrogen) atoms. The van der Waals surface area contributed by atoms with Crippen LogP contribution in [0.5, 0.6) is 0 Å². The van der Waals surface area contributed by atoms with E-state index in [4.69, 9.17) is 4.74 Å². The first-order valence-corrected chi connectivity index (χ1v) is 8.14. The van der Waals surface area contributed by atoms with E-state index in [1.165, 1.54) is 27.8 Å². The van der Waals surface area contributed by atoms with Crippen molar-refractivity contribution < 1.29 is 4.74 Å². The van der Waals surface area contributed by atoms with Crippen molar-refractivity contribution in [2.45, 2.75) is 13.5 Å². The van der Waals surface area contributed by atoms with Crippen LogP contribution in [0.25, 0.3) is 22.2 Å². The predicted molar refractivity (Wildman–Crippen MR) is 92.4 cm³/mol. The van der Waals surface area contributed by atoms with Gasteiger partial charge in [0.15, 0.2) is 0 Å². The second kappa shape index (κ2) is 6.14. The highest BCUT2D eigenvalue weighted by Gasteiger charge is 2.18. The molecule has 1 N–H and O–H groups in total. The van der Waals surface area contributed by atoms with Gasteiger partial charge in [-0.3, -0.25) is 4.90 Å². The molecule has 4 heteroatoms. The Labute approximate surface area is 136 Å². The van der Waals surface area contributed by atoms with Crippen LogP contribution in [-0.4, -0.2) is 41.2 Å². The summed E-state index contributed by atoms with van der Waals surface area (Å²) in [5, 5.41) is 1.20. The van der Waals surface area contributed by atoms with Crippen LogP contribution in [0.1, 0.15) is 11.3 Å². The lowest BCUT2D eigenvalue weighted by atomic mass is 10.0. The van der Waals surface area contributed by atoms with Crippen molar-refractivity contribution in [3.63, 3.8) is 0 Å². The highest BCUT2D eigenvalue weighted by Crippen LogP contribution is 2.32. The lowest BCUT2D eigenvalue weighted by Crippen LogP contribution is -2.35. The van der Waals surface area contributed by atoms with E-state index in [9.17, 15) is 0 Å². The summed E-state index contributed by atoms with van der Waals surface area (Å²) in [7, 11) is 0. The molecule has 4 nitrogen and oxygen atoms in total. The molecule has 1 aliphatic heterocycles. The summed E-state index contributed by atoms with van der Waals surface area (Å²) in [6.07, 6.45) is 1.84. The largest absolute Gasteiger partial charge is 0.379 e. The molecular formula is C19H21N3O. The van der Waals surface area contributed by atoms with Crippen LogP contribution in [0, 0.1) is 6.92 Å². The fraction of sp³-hybridized carbons (Fsp3) is 0.316. The second-order valence-electron chi connectivity index (χ2n) is 6.14. The van der Waals surface area contributed by atoms with Gasteiger partial charge in [-0.15, -0.1) is 0 Å². The van der Waals surface area contributed by atoms with Crippen LogP contribution in [0.2, 0.25) is 0 Å². The van der Waals surface area contributed by atoms with E-state index in [-0.39, 0.29) is 0 Å². The monoisotopic (exact) mass is 307 g/mol. The molecule has 3 aromatic rings. The minimum Gasteiger partial charge on any atom is -0.379 e. The van der Waals surface area contributed by atoms with E-state index in [1.807, 2.05) is 12.3 Å². The van der Waals surface area contributed by atoms with E-state index >= 15 is 0 Å². The zero-order valence-electron chi connectivity index (χ0n) is 13.4. The Kier molecular flexibility index (Phi) is 3.85. The lowest BCUT2D eigenvalue weighted by Gasteiger charge is -2.26. The van der Waals surface area contributed by atoms with Gasteiger partial charge in [0, 0.05) is 42.5 Å². The summed E-state index contributed by atoms with van der Waals surface area (Å²) < 4.78 is 5.46. The number of morpholine rings is 1. The first-order chi connectivity index (χ1) is 11.3. The van der Waals surface area contributed by atoms with Crippen molar-refractivity contribution >= 4 is 11.0 Å². The van der Waals surface area contributed by atoms with Gasteiger partial charge < -0.3 is 9.72 Å². The fourth-order valence-electron chi connectivity index (χ4n) is 3.31.